The van der Waals surface area contributed by atoms with Crippen LogP contribution in [0.3, 0.4) is 0 Å². The van der Waals surface area contributed by atoms with Gasteiger partial charge in [0.2, 0.25) is 5.60 Å². The molecule has 3 heterocycles. The third-order valence-electron chi connectivity index (χ3n) is 6.16. The summed E-state index contributed by atoms with van der Waals surface area (Å²) in [5.74, 6) is -8.63. The quantitative estimate of drug-likeness (QED) is 0.0786. The largest absolute Gasteiger partial charge is 0.504 e. The van der Waals surface area contributed by atoms with Gasteiger partial charge in [-0.1, -0.05) is 5.16 Å². The summed E-state index contributed by atoms with van der Waals surface area (Å²) >= 11 is 2.06. The smallest absolute Gasteiger partial charge is 0.352 e. The molecule has 1 saturated heterocycles. The van der Waals surface area contributed by atoms with Gasteiger partial charge in [0, 0.05) is 23.2 Å². The van der Waals surface area contributed by atoms with Crippen LogP contribution in [0.1, 0.15) is 29.9 Å². The Labute approximate surface area is 249 Å². The van der Waals surface area contributed by atoms with Crippen LogP contribution in [0.25, 0.3) is 0 Å². The maximum atomic E-state index is 13.7. The number of oxime groups is 1. The number of nitrogens with zero attached hydrogens (tertiary/aromatic N) is 3. The number of thiazole rings is 1. The molecule has 43 heavy (non-hydrogen) atoms. The SMILES string of the molecule is CC(C)(O/N=C(\C(=O)N[C@@H]1C(=O)N2C(C(=O)O)=C(CNC(=O)c3cc(O)c(O)c(F)c3)CS[C@H]12)c1csc(N)n1)C(=O)O. The second kappa shape index (κ2) is 11.8. The zero-order valence-corrected chi connectivity index (χ0v) is 23.8. The predicted octanol–water partition coefficient (Wildman–Crippen LogP) is 0.0281. The molecule has 0 bridgehead atoms. The van der Waals surface area contributed by atoms with E-state index >= 15 is 0 Å². The highest BCUT2D eigenvalue weighted by atomic mass is 32.2. The van der Waals surface area contributed by atoms with Crippen LogP contribution in [0.15, 0.2) is 33.9 Å². The number of carbonyl (C=O) groups excluding carboxylic acids is 3. The molecule has 4 rings (SSSR count). The molecule has 1 fully saturated rings. The molecule has 0 spiro atoms. The number of halogens is 1. The van der Waals surface area contributed by atoms with Crippen molar-refractivity contribution in [3.8, 4) is 11.5 Å². The lowest BCUT2D eigenvalue weighted by Gasteiger charge is -2.49. The van der Waals surface area contributed by atoms with Crippen LogP contribution < -0.4 is 16.4 Å². The number of carboxylic acids is 2. The summed E-state index contributed by atoms with van der Waals surface area (Å²) in [4.78, 5) is 72.2. The highest BCUT2D eigenvalue weighted by Gasteiger charge is 2.54. The standard InChI is InChI=1S/C24H23FN6O10S2/c1-24(2,22(39)40)41-30-13(11-7-43-23(26)28-11)18(35)29-14-19(36)31-15(21(37)38)9(6-42-20(14)31)5-27-17(34)8-3-10(25)16(33)12(32)4-8/h3-4,7,14,20,32-33H,5-6H2,1-2H3,(H2,26,28)(H,27,34)(H,29,35)(H,37,38)(H,39,40)/b30-13-/t14-,20-/m1/s1. The van der Waals surface area contributed by atoms with Crippen molar-refractivity contribution in [1.29, 1.82) is 0 Å². The van der Waals surface area contributed by atoms with Gasteiger partial charge in [-0.2, -0.15) is 0 Å². The van der Waals surface area contributed by atoms with Crippen molar-refractivity contribution in [2.45, 2.75) is 30.9 Å². The van der Waals surface area contributed by atoms with E-state index in [0.717, 1.165) is 34.1 Å². The Kier molecular flexibility index (Phi) is 8.49. The number of carbonyl (C=O) groups is 5. The van der Waals surface area contributed by atoms with Crippen LogP contribution in [0, 0.1) is 5.82 Å². The van der Waals surface area contributed by atoms with Crippen molar-refractivity contribution >= 4 is 63.6 Å². The molecule has 2 atom stereocenters. The summed E-state index contributed by atoms with van der Waals surface area (Å²) in [5, 5.41) is 47.1. The van der Waals surface area contributed by atoms with Crippen molar-refractivity contribution in [1.82, 2.24) is 20.5 Å². The number of aromatic hydroxyl groups is 2. The van der Waals surface area contributed by atoms with Gasteiger partial charge in [-0.05, 0) is 31.6 Å². The number of anilines is 1. The molecule has 0 radical (unpaired) electrons. The second-order valence-corrected chi connectivity index (χ2v) is 11.5. The first kappa shape index (κ1) is 31.0. The molecule has 0 aliphatic carbocycles. The number of phenols is 2. The van der Waals surface area contributed by atoms with Crippen LogP contribution in [-0.2, 0) is 24.0 Å². The highest BCUT2D eigenvalue weighted by molar-refractivity contribution is 8.00. The summed E-state index contributed by atoms with van der Waals surface area (Å²) in [6, 6.07) is 0.295. The first-order chi connectivity index (χ1) is 20.1. The van der Waals surface area contributed by atoms with E-state index in [-0.39, 0.29) is 34.3 Å². The number of fused-ring (bicyclic) bond motifs is 1. The van der Waals surface area contributed by atoms with Crippen molar-refractivity contribution in [2.24, 2.45) is 5.16 Å². The minimum atomic E-state index is -1.82. The average molecular weight is 639 g/mol. The number of amides is 3. The topological polar surface area (TPSA) is 254 Å². The Bertz CT molecular complexity index is 1580. The average Bonchev–Trinajstić information content (AvgIpc) is 3.37. The van der Waals surface area contributed by atoms with Gasteiger partial charge in [0.05, 0.1) is 0 Å². The lowest BCUT2D eigenvalue weighted by molar-refractivity contribution is -0.161. The summed E-state index contributed by atoms with van der Waals surface area (Å²) in [6.45, 7) is 2.04. The number of hydrogen-bond acceptors (Lipinski definition) is 13. The molecule has 2 aliphatic heterocycles. The highest BCUT2D eigenvalue weighted by Crippen LogP contribution is 2.40. The zero-order valence-electron chi connectivity index (χ0n) is 22.2. The van der Waals surface area contributed by atoms with Crippen molar-refractivity contribution in [2.75, 3.05) is 18.0 Å². The van der Waals surface area contributed by atoms with Crippen LogP contribution in [0.5, 0.6) is 11.5 Å². The lowest BCUT2D eigenvalue weighted by atomic mass is 10.0. The number of nitrogens with two attached hydrogens (primary N) is 1. The van der Waals surface area contributed by atoms with Crippen LogP contribution in [0.4, 0.5) is 9.52 Å². The Morgan fingerprint density at radius 3 is 2.53 bits per heavy atom. The summed E-state index contributed by atoms with van der Waals surface area (Å²) < 4.78 is 13.7. The monoisotopic (exact) mass is 638 g/mol. The number of benzene rings is 1. The molecule has 228 valence electrons. The van der Waals surface area contributed by atoms with E-state index in [9.17, 15) is 48.8 Å². The zero-order chi connectivity index (χ0) is 31.8. The number of nitrogen functional groups attached to an aromatic ring is 1. The summed E-state index contributed by atoms with van der Waals surface area (Å²) in [6.07, 6.45) is 0. The second-order valence-electron chi connectivity index (χ2n) is 9.54. The van der Waals surface area contributed by atoms with Gasteiger partial charge in [-0.3, -0.25) is 19.3 Å². The first-order valence-corrected chi connectivity index (χ1v) is 14.0. The number of thioether (sulfide) groups is 1. The Balaban J connectivity index is 1.50. The summed E-state index contributed by atoms with van der Waals surface area (Å²) in [7, 11) is 0. The lowest BCUT2D eigenvalue weighted by Crippen LogP contribution is -2.71. The first-order valence-electron chi connectivity index (χ1n) is 12.0. The molecule has 3 amide bonds. The molecule has 1 aromatic carbocycles. The van der Waals surface area contributed by atoms with Crippen molar-refractivity contribution in [3.05, 3.63) is 45.9 Å². The third-order valence-corrected chi connectivity index (χ3v) is 8.18. The molecule has 0 unspecified atom stereocenters. The molecular formula is C24H23FN6O10S2. The van der Waals surface area contributed by atoms with Crippen molar-refractivity contribution < 1.29 is 53.6 Å². The van der Waals surface area contributed by atoms with E-state index in [1.54, 1.807) is 0 Å². The van der Waals surface area contributed by atoms with E-state index in [4.69, 9.17) is 10.6 Å². The molecule has 16 nitrogen and oxygen atoms in total. The number of aromatic nitrogens is 1. The normalized spacial score (nSPS) is 18.4. The van der Waals surface area contributed by atoms with Gasteiger partial charge in [0.25, 0.3) is 17.7 Å². The van der Waals surface area contributed by atoms with Gasteiger partial charge < -0.3 is 41.6 Å². The number of β-lactam (4-membered cyclic amide) rings is 1. The van der Waals surface area contributed by atoms with Gasteiger partial charge in [-0.25, -0.2) is 19.0 Å². The maximum Gasteiger partial charge on any atom is 0.352 e. The fraction of sp³-hybridized carbons (Fsp3) is 0.292. The fourth-order valence-corrected chi connectivity index (χ4v) is 5.73. The molecule has 19 heteroatoms. The number of nitrogens with one attached hydrogen (secondary N) is 2. The minimum Gasteiger partial charge on any atom is -0.504 e. The molecule has 8 N–H and O–H groups in total. The maximum absolute atomic E-state index is 13.7. The number of phenolic OH excluding ortho intramolecular Hbond substituents is 2. The number of aliphatic carboxylic acids is 2. The molecule has 0 saturated carbocycles. The fourth-order valence-electron chi connectivity index (χ4n) is 3.83. The van der Waals surface area contributed by atoms with Gasteiger partial charge in [0.1, 0.15) is 22.8 Å². The van der Waals surface area contributed by atoms with Crippen LogP contribution in [-0.4, -0.2) is 95.0 Å². The number of hydrogen-bond donors (Lipinski definition) is 7. The molecule has 1 aromatic heterocycles. The van der Waals surface area contributed by atoms with Gasteiger partial charge in [-0.15, -0.1) is 23.1 Å². The van der Waals surface area contributed by atoms with E-state index in [2.05, 4.69) is 20.8 Å². The van der Waals surface area contributed by atoms with E-state index in [0.29, 0.717) is 6.07 Å². The van der Waals surface area contributed by atoms with Gasteiger partial charge >= 0.3 is 11.9 Å². The number of rotatable bonds is 10. The third kappa shape index (κ3) is 6.16. The predicted molar refractivity (Wildman–Crippen MR) is 148 cm³/mol. The Morgan fingerprint density at radius 2 is 1.95 bits per heavy atom. The Hall–Kier alpha value is -4.91. The minimum absolute atomic E-state index is 0.0113. The van der Waals surface area contributed by atoms with Crippen LogP contribution >= 0.6 is 23.1 Å². The number of carboxylic acid groups (broad SMARTS) is 2. The molecule has 2 aliphatic rings. The van der Waals surface area contributed by atoms with Crippen molar-refractivity contribution in [3.63, 3.8) is 0 Å². The summed E-state index contributed by atoms with van der Waals surface area (Å²) in [5.41, 5.74) is 2.67. The Morgan fingerprint density at radius 1 is 1.26 bits per heavy atom. The van der Waals surface area contributed by atoms with E-state index < -0.39 is 75.4 Å². The molecular weight excluding hydrogens is 615 g/mol. The van der Waals surface area contributed by atoms with E-state index in [1.807, 2.05) is 0 Å². The van der Waals surface area contributed by atoms with Gasteiger partial charge in [0.15, 0.2) is 28.2 Å². The van der Waals surface area contributed by atoms with E-state index in [1.165, 1.54) is 19.2 Å². The molecule has 2 aromatic rings. The van der Waals surface area contributed by atoms with Crippen LogP contribution in [0.2, 0.25) is 0 Å².